The largest absolute Gasteiger partial charge is 0.490 e. The van der Waals surface area contributed by atoms with E-state index in [0.717, 1.165) is 18.6 Å². The zero-order valence-corrected chi connectivity index (χ0v) is 14.0. The molecule has 1 aliphatic rings. The topological polar surface area (TPSA) is 62.4 Å². The van der Waals surface area contributed by atoms with Crippen LogP contribution in [0.3, 0.4) is 0 Å². The molecule has 1 aromatic heterocycles. The molecular weight excluding hydrogens is 304 g/mol. The molecular formula is C19H22N2O3. The first kappa shape index (κ1) is 16.3. The quantitative estimate of drug-likeness (QED) is 0.943. The van der Waals surface area contributed by atoms with Crippen molar-refractivity contribution in [3.63, 3.8) is 0 Å². The van der Waals surface area contributed by atoms with Crippen LogP contribution in [0.15, 0.2) is 41.5 Å². The summed E-state index contributed by atoms with van der Waals surface area (Å²) in [7, 11) is 0. The Hall–Kier alpha value is -2.56. The fourth-order valence-electron chi connectivity index (χ4n) is 2.91. The van der Waals surface area contributed by atoms with Crippen molar-refractivity contribution in [3.05, 3.63) is 63.6 Å². The summed E-state index contributed by atoms with van der Waals surface area (Å²) in [5.74, 6) is 0.661. The SMILES string of the molecule is Cc1ccc(OC2CCN(C(=O)c3c[nH]cc(C)c3=O)CC2)cc1. The smallest absolute Gasteiger partial charge is 0.259 e. The lowest BCUT2D eigenvalue weighted by Gasteiger charge is -2.32. The number of rotatable bonds is 3. The molecule has 2 heterocycles. The molecule has 3 rings (SSSR count). The Balaban J connectivity index is 1.60. The van der Waals surface area contributed by atoms with Gasteiger partial charge in [-0.2, -0.15) is 0 Å². The van der Waals surface area contributed by atoms with Crippen LogP contribution < -0.4 is 10.2 Å². The molecule has 1 N–H and O–H groups in total. The molecule has 1 aromatic carbocycles. The third-order valence-electron chi connectivity index (χ3n) is 4.41. The van der Waals surface area contributed by atoms with E-state index in [1.54, 1.807) is 18.0 Å². The number of piperidine rings is 1. The van der Waals surface area contributed by atoms with Gasteiger partial charge in [0.15, 0.2) is 5.43 Å². The minimum Gasteiger partial charge on any atom is -0.490 e. The van der Waals surface area contributed by atoms with E-state index in [9.17, 15) is 9.59 Å². The molecule has 0 bridgehead atoms. The van der Waals surface area contributed by atoms with Crippen LogP contribution in [0.1, 0.15) is 34.3 Å². The molecule has 0 atom stereocenters. The number of amides is 1. The Morgan fingerprint density at radius 3 is 2.46 bits per heavy atom. The molecule has 1 fully saturated rings. The molecule has 0 spiro atoms. The summed E-state index contributed by atoms with van der Waals surface area (Å²) in [6, 6.07) is 7.99. The van der Waals surface area contributed by atoms with Crippen molar-refractivity contribution in [1.82, 2.24) is 9.88 Å². The lowest BCUT2D eigenvalue weighted by molar-refractivity contribution is 0.0594. The number of aromatic nitrogens is 1. The van der Waals surface area contributed by atoms with Gasteiger partial charge in [-0.25, -0.2) is 0 Å². The van der Waals surface area contributed by atoms with Gasteiger partial charge in [0.1, 0.15) is 17.4 Å². The number of ether oxygens (including phenoxy) is 1. The molecule has 0 saturated carbocycles. The highest BCUT2D eigenvalue weighted by atomic mass is 16.5. The normalized spacial score (nSPS) is 15.3. The number of H-pyrrole nitrogens is 1. The first-order valence-electron chi connectivity index (χ1n) is 8.25. The van der Waals surface area contributed by atoms with Crippen molar-refractivity contribution in [2.24, 2.45) is 0 Å². The Morgan fingerprint density at radius 2 is 1.79 bits per heavy atom. The number of aryl methyl sites for hydroxylation is 2. The maximum absolute atomic E-state index is 12.5. The average Bonchev–Trinajstić information content (AvgIpc) is 2.59. The molecule has 1 amide bonds. The summed E-state index contributed by atoms with van der Waals surface area (Å²) in [5.41, 5.74) is 1.77. The summed E-state index contributed by atoms with van der Waals surface area (Å²) in [6.07, 6.45) is 4.74. The lowest BCUT2D eigenvalue weighted by atomic mass is 10.1. The predicted molar refractivity (Wildman–Crippen MR) is 92.5 cm³/mol. The molecule has 5 heteroatoms. The molecule has 0 unspecified atom stereocenters. The van der Waals surface area contributed by atoms with Crippen LogP contribution in [-0.2, 0) is 0 Å². The fourth-order valence-corrected chi connectivity index (χ4v) is 2.91. The van der Waals surface area contributed by atoms with Gasteiger partial charge in [-0.15, -0.1) is 0 Å². The minimum absolute atomic E-state index is 0.104. The second kappa shape index (κ2) is 6.91. The predicted octanol–water partition coefficient (Wildman–Crippen LogP) is 2.68. The van der Waals surface area contributed by atoms with Gasteiger partial charge in [0.2, 0.25) is 0 Å². The van der Waals surface area contributed by atoms with Crippen molar-refractivity contribution >= 4 is 5.91 Å². The standard InChI is InChI=1S/C19H22N2O3/c1-13-3-5-15(6-4-13)24-16-7-9-21(10-8-16)19(23)17-12-20-11-14(2)18(17)22/h3-6,11-12,16H,7-10H2,1-2H3,(H,20,22). The highest BCUT2D eigenvalue weighted by molar-refractivity contribution is 5.94. The summed E-state index contributed by atoms with van der Waals surface area (Å²) in [6.45, 7) is 4.95. The number of likely N-dealkylation sites (tertiary alicyclic amines) is 1. The first-order valence-corrected chi connectivity index (χ1v) is 8.25. The van der Waals surface area contributed by atoms with Crippen LogP contribution in [0.2, 0.25) is 0 Å². The zero-order valence-electron chi connectivity index (χ0n) is 14.0. The maximum Gasteiger partial charge on any atom is 0.259 e. The van der Waals surface area contributed by atoms with Gasteiger partial charge in [0.25, 0.3) is 5.91 Å². The Kier molecular flexibility index (Phi) is 4.69. The molecule has 1 aliphatic heterocycles. The van der Waals surface area contributed by atoms with Gasteiger partial charge in [-0.05, 0) is 26.0 Å². The molecule has 24 heavy (non-hydrogen) atoms. The highest BCUT2D eigenvalue weighted by Crippen LogP contribution is 2.20. The van der Waals surface area contributed by atoms with Gasteiger partial charge in [0.05, 0.1) is 0 Å². The van der Waals surface area contributed by atoms with Crippen molar-refractivity contribution in [1.29, 1.82) is 0 Å². The molecule has 2 aromatic rings. The van der Waals surface area contributed by atoms with Gasteiger partial charge in [-0.3, -0.25) is 9.59 Å². The van der Waals surface area contributed by atoms with E-state index in [4.69, 9.17) is 4.74 Å². The summed E-state index contributed by atoms with van der Waals surface area (Å²) >= 11 is 0. The average molecular weight is 326 g/mol. The van der Waals surface area contributed by atoms with E-state index in [-0.39, 0.29) is 23.0 Å². The van der Waals surface area contributed by atoms with Gasteiger partial charge in [0, 0.05) is 43.9 Å². The number of hydrogen-bond donors (Lipinski definition) is 1. The highest BCUT2D eigenvalue weighted by Gasteiger charge is 2.26. The third kappa shape index (κ3) is 3.50. The van der Waals surface area contributed by atoms with E-state index in [1.165, 1.54) is 11.8 Å². The second-order valence-corrected chi connectivity index (χ2v) is 6.30. The number of nitrogens with zero attached hydrogens (tertiary/aromatic N) is 1. The van der Waals surface area contributed by atoms with E-state index in [0.29, 0.717) is 18.7 Å². The third-order valence-corrected chi connectivity index (χ3v) is 4.41. The van der Waals surface area contributed by atoms with Crippen LogP contribution in [-0.4, -0.2) is 35.0 Å². The number of nitrogens with one attached hydrogen (secondary N) is 1. The van der Waals surface area contributed by atoms with Gasteiger partial charge >= 0.3 is 0 Å². The van der Waals surface area contributed by atoms with Crippen LogP contribution in [0.25, 0.3) is 0 Å². The Labute approximate surface area is 141 Å². The minimum atomic E-state index is -0.200. The summed E-state index contributed by atoms with van der Waals surface area (Å²) < 4.78 is 5.98. The number of carbonyl (C=O) groups excluding carboxylic acids is 1. The summed E-state index contributed by atoms with van der Waals surface area (Å²) in [5, 5.41) is 0. The van der Waals surface area contributed by atoms with Crippen molar-refractivity contribution < 1.29 is 9.53 Å². The van der Waals surface area contributed by atoms with E-state index in [1.807, 2.05) is 31.2 Å². The van der Waals surface area contributed by atoms with Crippen molar-refractivity contribution in [2.75, 3.05) is 13.1 Å². The Morgan fingerprint density at radius 1 is 1.12 bits per heavy atom. The van der Waals surface area contributed by atoms with Gasteiger partial charge in [-0.1, -0.05) is 17.7 Å². The fraction of sp³-hybridized carbons (Fsp3) is 0.368. The number of benzene rings is 1. The van der Waals surface area contributed by atoms with Crippen molar-refractivity contribution in [2.45, 2.75) is 32.8 Å². The molecule has 0 radical (unpaired) electrons. The van der Waals surface area contributed by atoms with Crippen LogP contribution in [0.4, 0.5) is 0 Å². The lowest BCUT2D eigenvalue weighted by Crippen LogP contribution is -2.43. The van der Waals surface area contributed by atoms with Crippen molar-refractivity contribution in [3.8, 4) is 5.75 Å². The van der Waals surface area contributed by atoms with E-state index >= 15 is 0 Å². The number of pyridine rings is 1. The van der Waals surface area contributed by atoms with E-state index in [2.05, 4.69) is 4.98 Å². The van der Waals surface area contributed by atoms with Gasteiger partial charge < -0.3 is 14.6 Å². The monoisotopic (exact) mass is 326 g/mol. The number of hydrogen-bond acceptors (Lipinski definition) is 3. The second-order valence-electron chi connectivity index (χ2n) is 6.30. The molecule has 1 saturated heterocycles. The Bertz CT molecular complexity index is 772. The first-order chi connectivity index (χ1) is 11.5. The summed E-state index contributed by atoms with van der Waals surface area (Å²) in [4.78, 5) is 29.2. The van der Waals surface area contributed by atoms with E-state index < -0.39 is 0 Å². The van der Waals surface area contributed by atoms with Crippen LogP contribution in [0.5, 0.6) is 5.75 Å². The number of carbonyl (C=O) groups is 1. The van der Waals surface area contributed by atoms with Crippen LogP contribution in [0, 0.1) is 13.8 Å². The number of aromatic amines is 1. The van der Waals surface area contributed by atoms with Crippen LogP contribution >= 0.6 is 0 Å². The zero-order chi connectivity index (χ0) is 17.1. The molecule has 126 valence electrons. The molecule has 0 aliphatic carbocycles. The molecule has 5 nitrogen and oxygen atoms in total. The maximum atomic E-state index is 12.5.